The molecule has 6 rings (SSSR count). The Morgan fingerprint density at radius 2 is 1.88 bits per heavy atom. The molecule has 2 aromatic heterocycles. The zero-order valence-corrected chi connectivity index (χ0v) is 19.3. The fourth-order valence-corrected chi connectivity index (χ4v) is 5.37. The molecule has 1 saturated carbocycles. The lowest BCUT2D eigenvalue weighted by Crippen LogP contribution is -2.56. The van der Waals surface area contributed by atoms with Crippen LogP contribution in [0.1, 0.15) is 18.7 Å². The molecule has 2 aromatic carbocycles. The molecule has 1 saturated heterocycles. The zero-order valence-electron chi connectivity index (χ0n) is 17.2. The van der Waals surface area contributed by atoms with Gasteiger partial charge in [0.15, 0.2) is 0 Å². The summed E-state index contributed by atoms with van der Waals surface area (Å²) in [5.74, 6) is 1.52. The summed E-state index contributed by atoms with van der Waals surface area (Å²) in [6, 6.07) is 14.1. The van der Waals surface area contributed by atoms with Gasteiger partial charge in [-0.15, -0.1) is 0 Å². The molecule has 32 heavy (non-hydrogen) atoms. The molecule has 4 aromatic rings. The topological polar surface area (TPSA) is 99.7 Å². The number of likely N-dealkylation sites (tertiary alicyclic amines) is 1. The monoisotopic (exact) mass is 540 g/mol. The number of halogens is 1. The van der Waals surface area contributed by atoms with Crippen LogP contribution in [-0.2, 0) is 11.2 Å². The van der Waals surface area contributed by atoms with E-state index in [0.717, 1.165) is 47.1 Å². The lowest BCUT2D eigenvalue weighted by molar-refractivity contribution is -0.139. The first kappa shape index (κ1) is 19.7. The van der Waals surface area contributed by atoms with Gasteiger partial charge in [-0.1, -0.05) is 46.9 Å². The number of nitrogens with one attached hydrogen (secondary N) is 2. The highest BCUT2D eigenvalue weighted by Gasteiger charge is 2.45. The van der Waals surface area contributed by atoms with Crippen LogP contribution in [-0.4, -0.2) is 46.4 Å². The van der Waals surface area contributed by atoms with Gasteiger partial charge in [0, 0.05) is 30.2 Å². The van der Waals surface area contributed by atoms with Crippen molar-refractivity contribution in [3.05, 3.63) is 65.0 Å². The highest BCUT2D eigenvalue weighted by atomic mass is 127. The molecule has 2 N–H and O–H groups in total. The highest BCUT2D eigenvalue weighted by Crippen LogP contribution is 2.39. The van der Waals surface area contributed by atoms with Crippen molar-refractivity contribution >= 4 is 39.4 Å². The van der Waals surface area contributed by atoms with E-state index in [4.69, 9.17) is 0 Å². The molecule has 1 amide bonds. The van der Waals surface area contributed by atoms with Crippen molar-refractivity contribution in [2.75, 3.05) is 6.54 Å². The summed E-state index contributed by atoms with van der Waals surface area (Å²) < 4.78 is 1.79. The average molecular weight is 540 g/mol. The van der Waals surface area contributed by atoms with Crippen LogP contribution in [0.3, 0.4) is 0 Å². The number of hydrogen-bond acceptors (Lipinski definition) is 4. The van der Waals surface area contributed by atoms with Crippen LogP contribution in [0.5, 0.6) is 0 Å². The van der Waals surface area contributed by atoms with Gasteiger partial charge in [0.25, 0.3) is 0 Å². The van der Waals surface area contributed by atoms with Gasteiger partial charge in [0.2, 0.25) is 5.91 Å². The molecule has 1 aliphatic heterocycles. The number of aromatic nitrogens is 5. The van der Waals surface area contributed by atoms with Gasteiger partial charge < -0.3 is 4.90 Å². The lowest BCUT2D eigenvalue weighted by Gasteiger charge is -2.45. The molecule has 3 heterocycles. The Morgan fingerprint density at radius 3 is 2.62 bits per heavy atom. The first-order valence-corrected chi connectivity index (χ1v) is 12.0. The Labute approximate surface area is 197 Å². The Morgan fingerprint density at radius 1 is 1.09 bits per heavy atom. The first-order chi connectivity index (χ1) is 15.6. The SMILES string of the molecule is O=C(C1CC1)N1CC(Cc2n[nH]c(=O)n2-c2ccc(-c3ccc4cn[nH]c4c3)cc2)C1I. The predicted molar refractivity (Wildman–Crippen MR) is 129 cm³/mol. The molecular weight excluding hydrogens is 519 g/mol. The second-order valence-corrected chi connectivity index (χ2v) is 9.88. The van der Waals surface area contributed by atoms with Crippen LogP contribution >= 0.6 is 22.6 Å². The fraction of sp³-hybridized carbons (Fsp3) is 0.304. The zero-order chi connectivity index (χ0) is 21.8. The molecule has 0 radical (unpaired) electrons. The van der Waals surface area contributed by atoms with Gasteiger partial charge in [-0.2, -0.15) is 10.2 Å². The summed E-state index contributed by atoms with van der Waals surface area (Å²) in [6.07, 6.45) is 4.50. The summed E-state index contributed by atoms with van der Waals surface area (Å²) in [5, 5.41) is 15.0. The molecule has 9 heteroatoms. The molecule has 8 nitrogen and oxygen atoms in total. The van der Waals surface area contributed by atoms with E-state index in [0.29, 0.717) is 18.2 Å². The van der Waals surface area contributed by atoms with Gasteiger partial charge in [-0.25, -0.2) is 14.5 Å². The molecule has 162 valence electrons. The van der Waals surface area contributed by atoms with Crippen LogP contribution in [0.25, 0.3) is 27.7 Å². The summed E-state index contributed by atoms with van der Waals surface area (Å²) in [6.45, 7) is 0.735. The maximum Gasteiger partial charge on any atom is 0.347 e. The fourth-order valence-electron chi connectivity index (χ4n) is 4.38. The number of benzene rings is 2. The quantitative estimate of drug-likeness (QED) is 0.231. The number of carbonyl (C=O) groups excluding carboxylic acids is 1. The average Bonchev–Trinajstić information content (AvgIpc) is 3.45. The number of H-pyrrole nitrogens is 2. The summed E-state index contributed by atoms with van der Waals surface area (Å²) in [7, 11) is 0. The summed E-state index contributed by atoms with van der Waals surface area (Å²) in [4.78, 5) is 26.8. The van der Waals surface area contributed by atoms with Crippen LogP contribution < -0.4 is 5.69 Å². The number of rotatable bonds is 5. The maximum absolute atomic E-state index is 12.5. The van der Waals surface area contributed by atoms with E-state index in [9.17, 15) is 9.59 Å². The largest absolute Gasteiger partial charge is 0.347 e. The number of aromatic amines is 2. The molecule has 0 bridgehead atoms. The molecule has 2 aliphatic rings. The van der Waals surface area contributed by atoms with Crippen LogP contribution in [0.15, 0.2) is 53.5 Å². The van der Waals surface area contributed by atoms with Crippen molar-refractivity contribution in [1.82, 2.24) is 29.9 Å². The standard InChI is InChI=1S/C23H21IN6O2/c24-21-17(12-29(21)22(31)14-1-2-14)10-20-27-28-23(32)30(20)18-7-5-13(6-8-18)15-3-4-16-11-25-26-19(16)9-15/h3-9,11,14,17,21H,1-2,10,12H2,(H,25,26)(H,28,32). The van der Waals surface area contributed by atoms with Crippen molar-refractivity contribution in [2.45, 2.75) is 23.3 Å². The Kier molecular flexibility index (Phi) is 4.67. The Balaban J connectivity index is 1.22. The molecule has 2 atom stereocenters. The number of alkyl halides is 1. The van der Waals surface area contributed by atoms with E-state index in [2.05, 4.69) is 55.1 Å². The molecule has 0 spiro atoms. The summed E-state index contributed by atoms with van der Waals surface area (Å²) in [5.41, 5.74) is 3.66. The van der Waals surface area contributed by atoms with Crippen molar-refractivity contribution in [3.63, 3.8) is 0 Å². The second kappa shape index (κ2) is 7.58. The molecular formula is C23H21IN6O2. The highest BCUT2D eigenvalue weighted by molar-refractivity contribution is 14.1. The minimum absolute atomic E-state index is 0.153. The van der Waals surface area contributed by atoms with Crippen LogP contribution in [0.2, 0.25) is 0 Å². The second-order valence-electron chi connectivity index (χ2n) is 8.60. The Hall–Kier alpha value is -2.95. The maximum atomic E-state index is 12.5. The van der Waals surface area contributed by atoms with Gasteiger partial charge in [-0.3, -0.25) is 9.89 Å². The van der Waals surface area contributed by atoms with Gasteiger partial charge in [0.05, 0.1) is 21.4 Å². The Bertz CT molecular complexity index is 1370. The minimum Gasteiger partial charge on any atom is -0.330 e. The normalized spacial score (nSPS) is 20.5. The minimum atomic E-state index is -0.248. The molecule has 2 fully saturated rings. The predicted octanol–water partition coefficient (Wildman–Crippen LogP) is 3.28. The third-order valence-electron chi connectivity index (χ3n) is 6.41. The van der Waals surface area contributed by atoms with Crippen molar-refractivity contribution < 1.29 is 4.79 Å². The third-order valence-corrected chi connectivity index (χ3v) is 8.10. The number of amides is 1. The van der Waals surface area contributed by atoms with E-state index < -0.39 is 0 Å². The van der Waals surface area contributed by atoms with Crippen molar-refractivity contribution in [2.24, 2.45) is 11.8 Å². The number of nitrogens with zero attached hydrogens (tertiary/aromatic N) is 4. The lowest BCUT2D eigenvalue weighted by atomic mass is 9.95. The van der Waals surface area contributed by atoms with E-state index in [-0.39, 0.29) is 21.6 Å². The third kappa shape index (κ3) is 3.35. The van der Waals surface area contributed by atoms with E-state index in [1.165, 1.54) is 0 Å². The molecule has 1 aliphatic carbocycles. The number of fused-ring (bicyclic) bond motifs is 1. The van der Waals surface area contributed by atoms with Crippen LogP contribution in [0.4, 0.5) is 0 Å². The van der Waals surface area contributed by atoms with Crippen molar-refractivity contribution in [1.29, 1.82) is 0 Å². The van der Waals surface area contributed by atoms with Gasteiger partial charge in [-0.05, 0) is 42.2 Å². The van der Waals surface area contributed by atoms with E-state index in [1.807, 2.05) is 35.2 Å². The smallest absolute Gasteiger partial charge is 0.330 e. The number of carbonyl (C=O) groups is 1. The van der Waals surface area contributed by atoms with Crippen molar-refractivity contribution in [3.8, 4) is 16.8 Å². The van der Waals surface area contributed by atoms with Gasteiger partial charge in [0.1, 0.15) is 5.82 Å². The van der Waals surface area contributed by atoms with E-state index in [1.54, 1.807) is 10.8 Å². The van der Waals surface area contributed by atoms with E-state index >= 15 is 0 Å². The van der Waals surface area contributed by atoms with Gasteiger partial charge >= 0.3 is 5.69 Å². The van der Waals surface area contributed by atoms with Crippen LogP contribution in [0, 0.1) is 11.8 Å². The molecule has 2 unspecified atom stereocenters. The first-order valence-electron chi connectivity index (χ1n) is 10.7. The summed E-state index contributed by atoms with van der Waals surface area (Å²) >= 11 is 2.34. The number of hydrogen-bond donors (Lipinski definition) is 2.